The molecule has 0 bridgehead atoms. The van der Waals surface area contributed by atoms with E-state index in [1.807, 2.05) is 25.1 Å². The summed E-state index contributed by atoms with van der Waals surface area (Å²) in [7, 11) is 0. The van der Waals surface area contributed by atoms with Crippen LogP contribution in [-0.4, -0.2) is 18.7 Å². The Morgan fingerprint density at radius 1 is 1.26 bits per heavy atom. The number of carbonyl (C=O) groups excluding carboxylic acids is 1. The highest BCUT2D eigenvalue weighted by Gasteiger charge is 2.30. The van der Waals surface area contributed by atoms with Crippen molar-refractivity contribution >= 4 is 5.97 Å². The molecule has 2 rings (SSSR count). The molecule has 3 heteroatoms. The first-order valence-corrected chi connectivity index (χ1v) is 7.11. The average Bonchev–Trinajstić information content (AvgIpc) is 2.40. The predicted octanol–water partition coefficient (Wildman–Crippen LogP) is 3.67. The standard InChI is InChI=1S/C16H22O3/c1-3-18-15-10-6-4-8-13(15)14-9-5-7-11-16(14)19-12(2)17/h4,6,8,10,14,16H,3,5,7,9,11H2,1-2H3/t14-,16+/m1/s1. The van der Waals surface area contributed by atoms with Crippen molar-refractivity contribution in [1.82, 2.24) is 0 Å². The summed E-state index contributed by atoms with van der Waals surface area (Å²) in [5.74, 6) is 1.00. The molecule has 0 radical (unpaired) electrons. The van der Waals surface area contributed by atoms with Crippen LogP contribution in [0.15, 0.2) is 24.3 Å². The fraction of sp³-hybridized carbons (Fsp3) is 0.562. The number of rotatable bonds is 4. The Balaban J connectivity index is 2.23. The molecular formula is C16H22O3. The van der Waals surface area contributed by atoms with E-state index in [0.29, 0.717) is 6.61 Å². The van der Waals surface area contributed by atoms with Gasteiger partial charge in [-0.2, -0.15) is 0 Å². The zero-order valence-electron chi connectivity index (χ0n) is 11.7. The van der Waals surface area contributed by atoms with Crippen LogP contribution in [0.3, 0.4) is 0 Å². The summed E-state index contributed by atoms with van der Waals surface area (Å²) in [6.07, 6.45) is 4.31. The van der Waals surface area contributed by atoms with Crippen LogP contribution in [0.1, 0.15) is 51.0 Å². The molecule has 1 aromatic rings. The van der Waals surface area contributed by atoms with Gasteiger partial charge in [-0.25, -0.2) is 0 Å². The van der Waals surface area contributed by atoms with E-state index in [0.717, 1.165) is 25.0 Å². The van der Waals surface area contributed by atoms with Crippen molar-refractivity contribution in [1.29, 1.82) is 0 Å². The van der Waals surface area contributed by atoms with Crippen molar-refractivity contribution in [2.45, 2.75) is 51.6 Å². The largest absolute Gasteiger partial charge is 0.494 e. The molecule has 1 aromatic carbocycles. The summed E-state index contributed by atoms with van der Waals surface area (Å²) in [6, 6.07) is 8.10. The van der Waals surface area contributed by atoms with Crippen LogP contribution in [0.4, 0.5) is 0 Å². The fourth-order valence-electron chi connectivity index (χ4n) is 2.88. The van der Waals surface area contributed by atoms with E-state index in [-0.39, 0.29) is 18.0 Å². The Bertz CT molecular complexity index is 428. The number of carbonyl (C=O) groups is 1. The molecule has 1 fully saturated rings. The summed E-state index contributed by atoms with van der Waals surface area (Å²) < 4.78 is 11.2. The van der Waals surface area contributed by atoms with E-state index in [4.69, 9.17) is 9.47 Å². The van der Waals surface area contributed by atoms with Gasteiger partial charge in [0.15, 0.2) is 0 Å². The highest BCUT2D eigenvalue weighted by molar-refractivity contribution is 5.66. The Labute approximate surface area is 114 Å². The highest BCUT2D eigenvalue weighted by Crippen LogP contribution is 2.39. The van der Waals surface area contributed by atoms with Crippen LogP contribution in [-0.2, 0) is 9.53 Å². The molecule has 19 heavy (non-hydrogen) atoms. The fourth-order valence-corrected chi connectivity index (χ4v) is 2.88. The lowest BCUT2D eigenvalue weighted by Gasteiger charge is -2.32. The zero-order valence-corrected chi connectivity index (χ0v) is 11.7. The minimum absolute atomic E-state index is 0.00661. The smallest absolute Gasteiger partial charge is 0.302 e. The van der Waals surface area contributed by atoms with Crippen molar-refractivity contribution < 1.29 is 14.3 Å². The van der Waals surface area contributed by atoms with Crippen molar-refractivity contribution in [2.24, 2.45) is 0 Å². The summed E-state index contributed by atoms with van der Waals surface area (Å²) >= 11 is 0. The normalized spacial score (nSPS) is 22.8. The lowest BCUT2D eigenvalue weighted by Crippen LogP contribution is -2.28. The van der Waals surface area contributed by atoms with Crippen molar-refractivity contribution in [2.75, 3.05) is 6.61 Å². The molecule has 0 amide bonds. The molecule has 1 aliphatic rings. The maximum Gasteiger partial charge on any atom is 0.302 e. The van der Waals surface area contributed by atoms with Crippen LogP contribution in [0.5, 0.6) is 5.75 Å². The minimum atomic E-state index is -0.189. The summed E-state index contributed by atoms with van der Waals surface area (Å²) in [5, 5.41) is 0. The lowest BCUT2D eigenvalue weighted by atomic mass is 9.81. The molecule has 0 aliphatic heterocycles. The molecule has 2 atom stereocenters. The Morgan fingerprint density at radius 3 is 2.74 bits per heavy atom. The summed E-state index contributed by atoms with van der Waals surface area (Å²) in [5.41, 5.74) is 1.18. The van der Waals surface area contributed by atoms with Gasteiger partial charge in [0, 0.05) is 18.4 Å². The number of hydrogen-bond donors (Lipinski definition) is 0. The lowest BCUT2D eigenvalue weighted by molar-refractivity contribution is -0.148. The molecule has 1 saturated carbocycles. The van der Waals surface area contributed by atoms with Gasteiger partial charge in [-0.3, -0.25) is 4.79 Å². The van der Waals surface area contributed by atoms with Crippen molar-refractivity contribution in [3.8, 4) is 5.75 Å². The molecule has 0 aromatic heterocycles. The van der Waals surface area contributed by atoms with E-state index >= 15 is 0 Å². The molecule has 0 unspecified atom stereocenters. The maximum atomic E-state index is 11.2. The van der Waals surface area contributed by atoms with E-state index in [1.165, 1.54) is 18.9 Å². The average molecular weight is 262 g/mol. The van der Waals surface area contributed by atoms with E-state index in [2.05, 4.69) is 6.07 Å². The minimum Gasteiger partial charge on any atom is -0.494 e. The van der Waals surface area contributed by atoms with Gasteiger partial charge in [0.2, 0.25) is 0 Å². The monoisotopic (exact) mass is 262 g/mol. The van der Waals surface area contributed by atoms with Crippen LogP contribution < -0.4 is 4.74 Å². The number of benzene rings is 1. The third-order valence-electron chi connectivity index (χ3n) is 3.64. The van der Waals surface area contributed by atoms with Gasteiger partial charge in [-0.1, -0.05) is 24.6 Å². The molecule has 0 spiro atoms. The molecule has 104 valence electrons. The first-order valence-electron chi connectivity index (χ1n) is 7.11. The Hall–Kier alpha value is -1.51. The first kappa shape index (κ1) is 13.9. The number of para-hydroxylation sites is 1. The van der Waals surface area contributed by atoms with Crippen LogP contribution in [0, 0.1) is 0 Å². The van der Waals surface area contributed by atoms with Gasteiger partial charge in [-0.15, -0.1) is 0 Å². The molecule has 0 N–H and O–H groups in total. The zero-order chi connectivity index (χ0) is 13.7. The summed E-state index contributed by atoms with van der Waals surface area (Å²) in [4.78, 5) is 11.2. The van der Waals surface area contributed by atoms with Crippen molar-refractivity contribution in [3.05, 3.63) is 29.8 Å². The highest BCUT2D eigenvalue weighted by atomic mass is 16.5. The molecule has 0 saturated heterocycles. The second-order valence-electron chi connectivity index (χ2n) is 5.01. The van der Waals surface area contributed by atoms with Crippen LogP contribution in [0.25, 0.3) is 0 Å². The summed E-state index contributed by atoms with van der Waals surface area (Å²) in [6.45, 7) is 4.13. The van der Waals surface area contributed by atoms with Gasteiger partial charge in [-0.05, 0) is 32.3 Å². The maximum absolute atomic E-state index is 11.2. The SMILES string of the molecule is CCOc1ccccc1[C@H]1CCCC[C@@H]1OC(C)=O. The van der Waals surface area contributed by atoms with Gasteiger partial charge in [0.1, 0.15) is 11.9 Å². The molecular weight excluding hydrogens is 240 g/mol. The second kappa shape index (κ2) is 6.60. The molecule has 0 heterocycles. The number of ether oxygens (including phenoxy) is 2. The Kier molecular flexibility index (Phi) is 4.83. The van der Waals surface area contributed by atoms with Crippen LogP contribution >= 0.6 is 0 Å². The Morgan fingerprint density at radius 2 is 2.00 bits per heavy atom. The predicted molar refractivity (Wildman–Crippen MR) is 74.4 cm³/mol. The topological polar surface area (TPSA) is 35.5 Å². The van der Waals surface area contributed by atoms with Gasteiger partial charge < -0.3 is 9.47 Å². The van der Waals surface area contributed by atoms with E-state index in [1.54, 1.807) is 0 Å². The van der Waals surface area contributed by atoms with E-state index < -0.39 is 0 Å². The molecule has 1 aliphatic carbocycles. The number of esters is 1. The molecule has 3 nitrogen and oxygen atoms in total. The number of hydrogen-bond acceptors (Lipinski definition) is 3. The van der Waals surface area contributed by atoms with Gasteiger partial charge >= 0.3 is 5.97 Å². The van der Waals surface area contributed by atoms with Gasteiger partial charge in [0.25, 0.3) is 0 Å². The third-order valence-corrected chi connectivity index (χ3v) is 3.64. The van der Waals surface area contributed by atoms with Crippen LogP contribution in [0.2, 0.25) is 0 Å². The van der Waals surface area contributed by atoms with Crippen molar-refractivity contribution in [3.63, 3.8) is 0 Å². The van der Waals surface area contributed by atoms with Gasteiger partial charge in [0.05, 0.1) is 6.61 Å². The van der Waals surface area contributed by atoms with E-state index in [9.17, 15) is 4.79 Å². The third kappa shape index (κ3) is 3.49. The second-order valence-corrected chi connectivity index (χ2v) is 5.01. The quantitative estimate of drug-likeness (QED) is 0.777. The first-order chi connectivity index (χ1) is 9.22.